The number of aromatic nitrogens is 1. The normalized spacial score (nSPS) is 17.4. The smallest absolute Gasteiger partial charge is 0.253 e. The van der Waals surface area contributed by atoms with Crippen molar-refractivity contribution in [2.24, 2.45) is 5.92 Å². The molecule has 2 rings (SSSR count). The Bertz CT molecular complexity index is 534. The minimum atomic E-state index is -2.93. The maximum Gasteiger partial charge on any atom is 0.253 e. The van der Waals surface area contributed by atoms with E-state index in [-0.39, 0.29) is 17.6 Å². The number of hydrogen-bond donors (Lipinski definition) is 0. The van der Waals surface area contributed by atoms with Crippen molar-refractivity contribution in [3.8, 4) is 0 Å². The Morgan fingerprint density at radius 3 is 2.42 bits per heavy atom. The van der Waals surface area contributed by atoms with Crippen LogP contribution in [0.3, 0.4) is 0 Å². The molecule has 2 heterocycles. The molecule has 0 N–H and O–H groups in total. The van der Waals surface area contributed by atoms with Gasteiger partial charge in [0.2, 0.25) is 0 Å². The summed E-state index contributed by atoms with van der Waals surface area (Å²) in [6, 6.07) is 3.40. The molecule has 1 aromatic heterocycles. The van der Waals surface area contributed by atoms with Gasteiger partial charge in [-0.3, -0.25) is 9.78 Å². The van der Waals surface area contributed by atoms with Crippen LogP contribution in [-0.4, -0.2) is 49.3 Å². The van der Waals surface area contributed by atoms with Crippen molar-refractivity contribution in [3.05, 3.63) is 30.1 Å². The molecule has 1 aliphatic rings. The summed E-state index contributed by atoms with van der Waals surface area (Å²) in [5, 5.41) is 0. The lowest BCUT2D eigenvalue weighted by atomic mass is 9.98. The highest BCUT2D eigenvalue weighted by atomic mass is 32.2. The average Bonchev–Trinajstić information content (AvgIpc) is 2.38. The first kappa shape index (κ1) is 14.0. The number of carbonyl (C=O) groups excluding carboxylic acids is 1. The van der Waals surface area contributed by atoms with E-state index in [4.69, 9.17) is 0 Å². The second kappa shape index (κ2) is 5.69. The largest absolute Gasteiger partial charge is 0.339 e. The van der Waals surface area contributed by atoms with Gasteiger partial charge in [0, 0.05) is 37.3 Å². The highest BCUT2D eigenvalue weighted by Crippen LogP contribution is 2.20. The van der Waals surface area contributed by atoms with E-state index >= 15 is 0 Å². The van der Waals surface area contributed by atoms with E-state index in [0.717, 1.165) is 12.8 Å². The Morgan fingerprint density at radius 1 is 1.32 bits per heavy atom. The van der Waals surface area contributed by atoms with Gasteiger partial charge in [-0.25, -0.2) is 8.42 Å². The number of piperidine rings is 1. The summed E-state index contributed by atoms with van der Waals surface area (Å²) >= 11 is 0. The predicted octanol–water partition coefficient (Wildman–Crippen LogP) is 0.978. The monoisotopic (exact) mass is 282 g/mol. The summed E-state index contributed by atoms with van der Waals surface area (Å²) < 4.78 is 22.5. The van der Waals surface area contributed by atoms with Crippen LogP contribution in [0.15, 0.2) is 24.5 Å². The van der Waals surface area contributed by atoms with E-state index in [1.807, 2.05) is 0 Å². The molecule has 1 amide bonds. The average molecular weight is 282 g/mol. The van der Waals surface area contributed by atoms with Crippen LogP contribution in [-0.2, 0) is 9.84 Å². The van der Waals surface area contributed by atoms with Gasteiger partial charge in [-0.2, -0.15) is 0 Å². The summed E-state index contributed by atoms with van der Waals surface area (Å²) in [4.78, 5) is 17.8. The number of rotatable bonds is 3. The number of pyridine rings is 1. The Labute approximate surface area is 113 Å². The number of amides is 1. The molecule has 0 spiro atoms. The SMILES string of the molecule is CS(=O)(=O)CC1CCN(C(=O)c2ccncc2)CC1. The van der Waals surface area contributed by atoms with Crippen LogP contribution in [0.2, 0.25) is 0 Å². The maximum atomic E-state index is 12.2. The Morgan fingerprint density at radius 2 is 1.89 bits per heavy atom. The lowest BCUT2D eigenvalue weighted by molar-refractivity contribution is 0.0698. The highest BCUT2D eigenvalue weighted by Gasteiger charge is 2.25. The zero-order valence-corrected chi connectivity index (χ0v) is 11.8. The number of nitrogens with zero attached hydrogens (tertiary/aromatic N) is 2. The molecule has 19 heavy (non-hydrogen) atoms. The van der Waals surface area contributed by atoms with Gasteiger partial charge in [0.25, 0.3) is 5.91 Å². The number of likely N-dealkylation sites (tertiary alicyclic amines) is 1. The van der Waals surface area contributed by atoms with Crippen LogP contribution in [0.4, 0.5) is 0 Å². The van der Waals surface area contributed by atoms with Crippen LogP contribution in [0.1, 0.15) is 23.2 Å². The van der Waals surface area contributed by atoms with E-state index in [0.29, 0.717) is 18.7 Å². The van der Waals surface area contributed by atoms with Crippen LogP contribution >= 0.6 is 0 Å². The van der Waals surface area contributed by atoms with E-state index in [2.05, 4.69) is 4.98 Å². The molecule has 1 saturated heterocycles. The summed E-state index contributed by atoms with van der Waals surface area (Å²) in [6.45, 7) is 1.25. The molecule has 0 radical (unpaired) electrons. The van der Waals surface area contributed by atoms with E-state index in [1.54, 1.807) is 29.4 Å². The summed E-state index contributed by atoms with van der Waals surface area (Å²) in [5.41, 5.74) is 0.636. The molecule has 0 atom stereocenters. The fraction of sp³-hybridized carbons (Fsp3) is 0.538. The molecular weight excluding hydrogens is 264 g/mol. The molecule has 0 unspecified atom stereocenters. The zero-order chi connectivity index (χ0) is 13.9. The molecule has 6 heteroatoms. The van der Waals surface area contributed by atoms with Gasteiger partial charge in [0.05, 0.1) is 5.75 Å². The van der Waals surface area contributed by atoms with Crippen LogP contribution in [0.5, 0.6) is 0 Å². The Balaban J connectivity index is 1.92. The van der Waals surface area contributed by atoms with Crippen molar-refractivity contribution in [2.75, 3.05) is 25.1 Å². The van der Waals surface area contributed by atoms with E-state index < -0.39 is 9.84 Å². The van der Waals surface area contributed by atoms with E-state index in [1.165, 1.54) is 6.26 Å². The zero-order valence-electron chi connectivity index (χ0n) is 10.9. The second-order valence-corrected chi connectivity index (χ2v) is 7.25. The molecule has 104 valence electrons. The van der Waals surface area contributed by atoms with Crippen LogP contribution in [0, 0.1) is 5.92 Å². The molecule has 0 aromatic carbocycles. The first-order valence-corrected chi connectivity index (χ1v) is 8.39. The third-order valence-corrected chi connectivity index (χ3v) is 4.44. The molecule has 5 nitrogen and oxygen atoms in total. The first-order valence-electron chi connectivity index (χ1n) is 6.33. The second-order valence-electron chi connectivity index (χ2n) is 5.06. The molecule has 1 aliphatic heterocycles. The fourth-order valence-corrected chi connectivity index (χ4v) is 3.60. The molecule has 0 aliphatic carbocycles. The van der Waals surface area contributed by atoms with Gasteiger partial charge in [-0.05, 0) is 30.9 Å². The standard InChI is InChI=1S/C13H18N2O3S/c1-19(17,18)10-11-4-8-15(9-5-11)13(16)12-2-6-14-7-3-12/h2-3,6-7,11H,4-5,8-10H2,1H3. The Hall–Kier alpha value is -1.43. The predicted molar refractivity (Wildman–Crippen MR) is 72.6 cm³/mol. The van der Waals surface area contributed by atoms with Gasteiger partial charge in [0.1, 0.15) is 9.84 Å². The molecular formula is C13H18N2O3S. The summed E-state index contributed by atoms with van der Waals surface area (Å²) in [7, 11) is -2.93. The summed E-state index contributed by atoms with van der Waals surface area (Å²) in [6.07, 6.45) is 5.97. The highest BCUT2D eigenvalue weighted by molar-refractivity contribution is 7.90. The molecule has 0 bridgehead atoms. The van der Waals surface area contributed by atoms with E-state index in [9.17, 15) is 13.2 Å². The molecule has 0 saturated carbocycles. The minimum Gasteiger partial charge on any atom is -0.339 e. The van der Waals surface area contributed by atoms with Crippen molar-refractivity contribution in [1.29, 1.82) is 0 Å². The fourth-order valence-electron chi connectivity index (χ4n) is 2.41. The molecule has 1 aromatic rings. The van der Waals surface area contributed by atoms with Crippen molar-refractivity contribution in [1.82, 2.24) is 9.88 Å². The third kappa shape index (κ3) is 4.02. The number of hydrogen-bond acceptors (Lipinski definition) is 4. The lowest BCUT2D eigenvalue weighted by Gasteiger charge is -2.31. The van der Waals surface area contributed by atoms with Crippen molar-refractivity contribution in [3.63, 3.8) is 0 Å². The minimum absolute atomic E-state index is 0.000190. The van der Waals surface area contributed by atoms with Gasteiger partial charge in [-0.1, -0.05) is 0 Å². The quantitative estimate of drug-likeness (QED) is 0.829. The third-order valence-electron chi connectivity index (χ3n) is 3.37. The number of sulfone groups is 1. The molecule has 1 fully saturated rings. The van der Waals surface area contributed by atoms with Gasteiger partial charge in [-0.15, -0.1) is 0 Å². The topological polar surface area (TPSA) is 67.3 Å². The van der Waals surface area contributed by atoms with Crippen LogP contribution in [0.25, 0.3) is 0 Å². The lowest BCUT2D eigenvalue weighted by Crippen LogP contribution is -2.39. The van der Waals surface area contributed by atoms with Gasteiger partial charge >= 0.3 is 0 Å². The first-order chi connectivity index (χ1) is 8.96. The van der Waals surface area contributed by atoms with Gasteiger partial charge in [0.15, 0.2) is 0 Å². The van der Waals surface area contributed by atoms with Crippen LogP contribution < -0.4 is 0 Å². The van der Waals surface area contributed by atoms with Gasteiger partial charge < -0.3 is 4.90 Å². The number of carbonyl (C=O) groups is 1. The maximum absolute atomic E-state index is 12.2. The van der Waals surface area contributed by atoms with Crippen molar-refractivity contribution >= 4 is 15.7 Å². The summed E-state index contributed by atoms with van der Waals surface area (Å²) in [5.74, 6) is 0.404. The van der Waals surface area contributed by atoms with Crippen molar-refractivity contribution < 1.29 is 13.2 Å². The van der Waals surface area contributed by atoms with Crippen molar-refractivity contribution in [2.45, 2.75) is 12.8 Å². The Kier molecular flexibility index (Phi) is 4.19.